The first kappa shape index (κ1) is 17.4. The third kappa shape index (κ3) is 4.54. The Balaban J connectivity index is 1.81. The van der Waals surface area contributed by atoms with Crippen LogP contribution in [0.2, 0.25) is 0 Å². The number of carbonyl (C=O) groups is 1. The number of likely N-dealkylation sites (N-methyl/N-ethyl adjacent to an activating group) is 1. The summed E-state index contributed by atoms with van der Waals surface area (Å²) in [4.78, 5) is 15.9. The molecule has 3 rings (SSSR count). The van der Waals surface area contributed by atoms with Crippen molar-refractivity contribution in [1.29, 1.82) is 0 Å². The number of thioether (sulfide) groups is 1. The van der Waals surface area contributed by atoms with Crippen LogP contribution >= 0.6 is 11.8 Å². The Hall–Kier alpha value is -2.46. The highest BCUT2D eigenvalue weighted by atomic mass is 32.2. The first-order valence-electron chi connectivity index (χ1n) is 8.20. The molecule has 1 heterocycles. The average Bonchev–Trinajstić information content (AvgIpc) is 3.05. The Bertz CT molecular complexity index is 814. The highest BCUT2D eigenvalue weighted by molar-refractivity contribution is 8.00. The van der Waals surface area contributed by atoms with Gasteiger partial charge in [0.05, 0.1) is 6.54 Å². The molecule has 0 aliphatic carbocycles. The second-order valence-electron chi connectivity index (χ2n) is 5.93. The maximum absolute atomic E-state index is 13.1. The molecule has 3 nitrogen and oxygen atoms in total. The van der Waals surface area contributed by atoms with Gasteiger partial charge >= 0.3 is 0 Å². The highest BCUT2D eigenvalue weighted by Crippen LogP contribution is 2.36. The first-order valence-corrected chi connectivity index (χ1v) is 9.08. The Labute approximate surface area is 152 Å². The summed E-state index contributed by atoms with van der Waals surface area (Å²) in [7, 11) is 1.82. The fourth-order valence-electron chi connectivity index (χ4n) is 2.61. The predicted molar refractivity (Wildman–Crippen MR) is 101 cm³/mol. The topological polar surface area (TPSA) is 33.5 Å². The Morgan fingerprint density at radius 2 is 1.64 bits per heavy atom. The van der Waals surface area contributed by atoms with Gasteiger partial charge < -0.3 is 9.32 Å². The van der Waals surface area contributed by atoms with E-state index in [4.69, 9.17) is 4.42 Å². The van der Waals surface area contributed by atoms with Crippen molar-refractivity contribution in [2.75, 3.05) is 7.05 Å². The number of furan rings is 1. The molecule has 0 fully saturated rings. The quantitative estimate of drug-likeness (QED) is 0.581. The van der Waals surface area contributed by atoms with Crippen molar-refractivity contribution in [3.63, 3.8) is 0 Å². The lowest BCUT2D eigenvalue weighted by Gasteiger charge is -2.23. The summed E-state index contributed by atoms with van der Waals surface area (Å²) in [5.74, 6) is 1.72. The van der Waals surface area contributed by atoms with Gasteiger partial charge in [0.2, 0.25) is 5.91 Å². The van der Waals surface area contributed by atoms with E-state index in [0.29, 0.717) is 6.54 Å². The summed E-state index contributed by atoms with van der Waals surface area (Å²) in [6, 6.07) is 23.8. The van der Waals surface area contributed by atoms with Crippen molar-refractivity contribution >= 4 is 17.7 Å². The first-order chi connectivity index (χ1) is 12.1. The molecule has 25 heavy (non-hydrogen) atoms. The van der Waals surface area contributed by atoms with Crippen molar-refractivity contribution in [3.8, 4) is 0 Å². The SMILES string of the molecule is Cc1ccc(CN(C)C(=O)[C@@H](Sc2ccccc2)c2ccccc2)o1. The van der Waals surface area contributed by atoms with Crippen molar-refractivity contribution in [2.45, 2.75) is 23.6 Å². The zero-order valence-corrected chi connectivity index (χ0v) is 15.2. The highest BCUT2D eigenvalue weighted by Gasteiger charge is 2.25. The number of nitrogens with zero attached hydrogens (tertiary/aromatic N) is 1. The second kappa shape index (κ2) is 8.08. The van der Waals surface area contributed by atoms with Crippen molar-refractivity contribution in [3.05, 3.63) is 89.9 Å². The Morgan fingerprint density at radius 1 is 1.00 bits per heavy atom. The molecule has 1 amide bonds. The molecule has 3 aromatic rings. The van der Waals surface area contributed by atoms with Gasteiger partial charge in [-0.05, 0) is 36.8 Å². The molecule has 0 saturated heterocycles. The molecule has 4 heteroatoms. The van der Waals surface area contributed by atoms with Crippen LogP contribution in [0, 0.1) is 6.92 Å². The summed E-state index contributed by atoms with van der Waals surface area (Å²) in [5, 5.41) is -0.287. The third-order valence-corrected chi connectivity index (χ3v) is 5.14. The monoisotopic (exact) mass is 351 g/mol. The van der Waals surface area contributed by atoms with Gasteiger partial charge in [-0.2, -0.15) is 0 Å². The molecule has 0 bridgehead atoms. The maximum Gasteiger partial charge on any atom is 0.240 e. The van der Waals surface area contributed by atoms with Crippen LogP contribution in [0.15, 0.2) is 82.1 Å². The van der Waals surface area contributed by atoms with E-state index in [-0.39, 0.29) is 11.2 Å². The number of hydrogen-bond donors (Lipinski definition) is 0. The van der Waals surface area contributed by atoms with Crippen LogP contribution < -0.4 is 0 Å². The van der Waals surface area contributed by atoms with Crippen LogP contribution in [-0.2, 0) is 11.3 Å². The van der Waals surface area contributed by atoms with Gasteiger partial charge in [-0.1, -0.05) is 48.5 Å². The summed E-state index contributed by atoms with van der Waals surface area (Å²) < 4.78 is 5.61. The zero-order valence-electron chi connectivity index (χ0n) is 14.4. The van der Waals surface area contributed by atoms with Crippen LogP contribution in [0.5, 0.6) is 0 Å². The molecule has 128 valence electrons. The number of amides is 1. The minimum Gasteiger partial charge on any atom is -0.464 e. The normalized spacial score (nSPS) is 11.9. The van der Waals surface area contributed by atoms with E-state index >= 15 is 0 Å². The maximum atomic E-state index is 13.1. The molecule has 0 radical (unpaired) electrons. The minimum atomic E-state index is -0.287. The molecule has 1 atom stereocenters. The van der Waals surface area contributed by atoms with Gasteiger partial charge in [-0.25, -0.2) is 0 Å². The number of rotatable bonds is 6. The van der Waals surface area contributed by atoms with Crippen LogP contribution in [-0.4, -0.2) is 17.9 Å². The zero-order chi connectivity index (χ0) is 17.6. The lowest BCUT2D eigenvalue weighted by atomic mass is 10.1. The van der Waals surface area contributed by atoms with Gasteiger partial charge in [-0.3, -0.25) is 4.79 Å². The van der Waals surface area contributed by atoms with E-state index in [1.54, 1.807) is 16.7 Å². The predicted octanol–water partition coefficient (Wildman–Crippen LogP) is 5.08. The van der Waals surface area contributed by atoms with E-state index in [2.05, 4.69) is 0 Å². The lowest BCUT2D eigenvalue weighted by Crippen LogP contribution is -2.30. The van der Waals surface area contributed by atoms with E-state index in [1.807, 2.05) is 86.8 Å². The third-order valence-electron chi connectivity index (χ3n) is 3.89. The Morgan fingerprint density at radius 3 is 2.24 bits per heavy atom. The average molecular weight is 351 g/mol. The summed E-state index contributed by atoms with van der Waals surface area (Å²) in [5.41, 5.74) is 1.00. The molecule has 2 aromatic carbocycles. The lowest BCUT2D eigenvalue weighted by molar-refractivity contribution is -0.130. The van der Waals surface area contributed by atoms with Crippen LogP contribution in [0.25, 0.3) is 0 Å². The summed E-state index contributed by atoms with van der Waals surface area (Å²) in [6.45, 7) is 2.37. The van der Waals surface area contributed by atoms with Gasteiger partial charge in [0.1, 0.15) is 16.8 Å². The molecule has 1 aromatic heterocycles. The molecule has 0 aliphatic rings. The van der Waals surface area contributed by atoms with Gasteiger partial charge in [0.25, 0.3) is 0 Å². The number of hydrogen-bond acceptors (Lipinski definition) is 3. The van der Waals surface area contributed by atoms with Crippen molar-refractivity contribution in [2.24, 2.45) is 0 Å². The molecule has 0 aliphatic heterocycles. The summed E-state index contributed by atoms with van der Waals surface area (Å²) >= 11 is 1.57. The number of benzene rings is 2. The smallest absolute Gasteiger partial charge is 0.240 e. The second-order valence-corrected chi connectivity index (χ2v) is 7.11. The Kier molecular flexibility index (Phi) is 5.61. The largest absolute Gasteiger partial charge is 0.464 e. The number of carbonyl (C=O) groups excluding carboxylic acids is 1. The van der Waals surface area contributed by atoms with E-state index in [0.717, 1.165) is 22.0 Å². The van der Waals surface area contributed by atoms with Gasteiger partial charge in [0, 0.05) is 11.9 Å². The van der Waals surface area contributed by atoms with Gasteiger partial charge in [-0.15, -0.1) is 11.8 Å². The fraction of sp³-hybridized carbons (Fsp3) is 0.190. The van der Waals surface area contributed by atoms with Crippen LogP contribution in [0.3, 0.4) is 0 Å². The van der Waals surface area contributed by atoms with Crippen molar-refractivity contribution in [1.82, 2.24) is 4.90 Å². The van der Waals surface area contributed by atoms with Crippen molar-refractivity contribution < 1.29 is 9.21 Å². The molecular weight excluding hydrogens is 330 g/mol. The minimum absolute atomic E-state index is 0.0640. The van der Waals surface area contributed by atoms with E-state index in [1.165, 1.54) is 0 Å². The van der Waals surface area contributed by atoms with Crippen LogP contribution in [0.1, 0.15) is 22.3 Å². The summed E-state index contributed by atoms with van der Waals surface area (Å²) in [6.07, 6.45) is 0. The molecule has 0 spiro atoms. The molecule has 0 N–H and O–H groups in total. The van der Waals surface area contributed by atoms with Crippen LogP contribution in [0.4, 0.5) is 0 Å². The number of aryl methyl sites for hydroxylation is 1. The molecular formula is C21H21NO2S. The standard InChI is InChI=1S/C21H21NO2S/c1-16-13-14-18(24-16)15-22(2)21(23)20(17-9-5-3-6-10-17)25-19-11-7-4-8-12-19/h3-14,20H,15H2,1-2H3/t20-/m0/s1. The van der Waals surface area contributed by atoms with Gasteiger partial charge in [0.15, 0.2) is 0 Å². The van der Waals surface area contributed by atoms with E-state index < -0.39 is 0 Å². The van der Waals surface area contributed by atoms with E-state index in [9.17, 15) is 4.79 Å². The molecule has 0 saturated carbocycles. The molecule has 0 unspecified atom stereocenters. The fourth-order valence-corrected chi connectivity index (χ4v) is 3.77.